The monoisotopic (exact) mass is 460 g/mol. The van der Waals surface area contributed by atoms with Gasteiger partial charge in [0, 0.05) is 49.3 Å². The molecule has 8 heteroatoms. The molecule has 2 aromatic rings. The molecule has 1 amide bonds. The third-order valence-electron chi connectivity index (χ3n) is 4.29. The molecule has 26 heavy (non-hydrogen) atoms. The van der Waals surface area contributed by atoms with Crippen molar-refractivity contribution in [2.45, 2.75) is 12.5 Å². The predicted octanol–water partition coefficient (Wildman–Crippen LogP) is 3.43. The topological polar surface area (TPSA) is 62.5 Å². The molecule has 0 radical (unpaired) electrons. The van der Waals surface area contributed by atoms with E-state index in [-0.39, 0.29) is 36.8 Å². The second-order valence-electron chi connectivity index (χ2n) is 5.92. The maximum Gasteiger partial charge on any atom is 0.224 e. The van der Waals surface area contributed by atoms with Gasteiger partial charge < -0.3 is 15.5 Å². The van der Waals surface area contributed by atoms with Gasteiger partial charge in [0.05, 0.1) is 0 Å². The van der Waals surface area contributed by atoms with Crippen LogP contribution in [0.5, 0.6) is 0 Å². The molecule has 1 aromatic carbocycles. The van der Waals surface area contributed by atoms with Crippen molar-refractivity contribution in [3.05, 3.63) is 58.7 Å². The lowest BCUT2D eigenvalue weighted by Crippen LogP contribution is -2.49. The standard InChI is InChI=1S/C18H21BrN4O.2ClH/c19-15-6-7-17(21-13-15)22-8-10-23(11-9-22)18(24)12-16(20)14-4-2-1-3-5-14;;/h1-7,13,16H,8-12,20H2;2*1H. The van der Waals surface area contributed by atoms with Crippen LogP contribution < -0.4 is 10.6 Å². The number of nitrogens with two attached hydrogens (primary N) is 1. The fourth-order valence-electron chi connectivity index (χ4n) is 2.88. The number of benzene rings is 1. The molecule has 2 N–H and O–H groups in total. The molecule has 1 aliphatic rings. The van der Waals surface area contributed by atoms with Gasteiger partial charge in [-0.1, -0.05) is 30.3 Å². The van der Waals surface area contributed by atoms with Crippen LogP contribution in [0.4, 0.5) is 5.82 Å². The Bertz CT molecular complexity index is 679. The number of halogens is 3. The van der Waals surface area contributed by atoms with E-state index < -0.39 is 0 Å². The number of nitrogens with zero attached hydrogens (tertiary/aromatic N) is 3. The molecule has 1 fully saturated rings. The number of amides is 1. The molecule has 0 aliphatic carbocycles. The quantitative estimate of drug-likeness (QED) is 0.757. The van der Waals surface area contributed by atoms with Crippen LogP contribution in [0.15, 0.2) is 53.1 Å². The second kappa shape index (κ2) is 10.7. The van der Waals surface area contributed by atoms with Crippen LogP contribution in [0, 0.1) is 0 Å². The first kappa shape index (κ1) is 22.7. The van der Waals surface area contributed by atoms with Crippen LogP contribution >= 0.6 is 40.7 Å². The maximum atomic E-state index is 12.5. The predicted molar refractivity (Wildman–Crippen MR) is 113 cm³/mol. The van der Waals surface area contributed by atoms with Crippen LogP contribution in [0.3, 0.4) is 0 Å². The van der Waals surface area contributed by atoms with Crippen LogP contribution in [0.25, 0.3) is 0 Å². The third-order valence-corrected chi connectivity index (χ3v) is 4.76. The van der Waals surface area contributed by atoms with E-state index in [9.17, 15) is 4.79 Å². The largest absolute Gasteiger partial charge is 0.353 e. The number of carbonyl (C=O) groups excluding carboxylic acids is 1. The lowest BCUT2D eigenvalue weighted by atomic mass is 10.0. The summed E-state index contributed by atoms with van der Waals surface area (Å²) in [7, 11) is 0. The minimum absolute atomic E-state index is 0. The summed E-state index contributed by atoms with van der Waals surface area (Å²) < 4.78 is 0.968. The lowest BCUT2D eigenvalue weighted by molar-refractivity contribution is -0.131. The highest BCUT2D eigenvalue weighted by atomic mass is 79.9. The highest BCUT2D eigenvalue weighted by molar-refractivity contribution is 9.10. The van der Waals surface area contributed by atoms with Crippen molar-refractivity contribution in [1.82, 2.24) is 9.88 Å². The van der Waals surface area contributed by atoms with E-state index in [0.717, 1.165) is 28.9 Å². The Labute approximate surface area is 174 Å². The normalized spacial score (nSPS) is 14.8. The summed E-state index contributed by atoms with van der Waals surface area (Å²) in [6.07, 6.45) is 2.15. The number of pyridine rings is 1. The molecule has 0 spiro atoms. The van der Waals surface area contributed by atoms with E-state index in [0.29, 0.717) is 19.5 Å². The van der Waals surface area contributed by atoms with Gasteiger partial charge in [0.1, 0.15) is 5.82 Å². The number of anilines is 1. The van der Waals surface area contributed by atoms with Gasteiger partial charge in [-0.05, 0) is 33.6 Å². The highest BCUT2D eigenvalue weighted by Gasteiger charge is 2.23. The number of carbonyl (C=O) groups is 1. The van der Waals surface area contributed by atoms with Gasteiger partial charge in [-0.2, -0.15) is 0 Å². The van der Waals surface area contributed by atoms with Gasteiger partial charge in [-0.25, -0.2) is 4.98 Å². The van der Waals surface area contributed by atoms with Gasteiger partial charge in [-0.3, -0.25) is 4.79 Å². The van der Waals surface area contributed by atoms with E-state index >= 15 is 0 Å². The van der Waals surface area contributed by atoms with Gasteiger partial charge >= 0.3 is 0 Å². The molecule has 0 bridgehead atoms. The first-order valence-corrected chi connectivity index (χ1v) is 8.87. The van der Waals surface area contributed by atoms with E-state index in [2.05, 4.69) is 25.8 Å². The zero-order valence-corrected chi connectivity index (χ0v) is 17.5. The Hall–Kier alpha value is -1.34. The van der Waals surface area contributed by atoms with Crippen molar-refractivity contribution in [2.75, 3.05) is 31.1 Å². The maximum absolute atomic E-state index is 12.5. The summed E-state index contributed by atoms with van der Waals surface area (Å²) in [6.45, 7) is 3.00. The van der Waals surface area contributed by atoms with Gasteiger partial charge in [-0.15, -0.1) is 24.8 Å². The van der Waals surface area contributed by atoms with Crippen molar-refractivity contribution in [2.24, 2.45) is 5.73 Å². The highest BCUT2D eigenvalue weighted by Crippen LogP contribution is 2.19. The van der Waals surface area contributed by atoms with Crippen molar-refractivity contribution in [3.63, 3.8) is 0 Å². The SMILES string of the molecule is Cl.Cl.NC(CC(=O)N1CCN(c2ccc(Br)cn2)CC1)c1ccccc1. The molecule has 5 nitrogen and oxygen atoms in total. The van der Waals surface area contributed by atoms with E-state index in [1.165, 1.54) is 0 Å². The smallest absolute Gasteiger partial charge is 0.224 e. The number of aromatic nitrogens is 1. The average molecular weight is 462 g/mol. The molecule has 0 saturated carbocycles. The lowest BCUT2D eigenvalue weighted by Gasteiger charge is -2.35. The van der Waals surface area contributed by atoms with Crippen molar-refractivity contribution >= 4 is 52.5 Å². The van der Waals surface area contributed by atoms with Crippen molar-refractivity contribution in [1.29, 1.82) is 0 Å². The van der Waals surface area contributed by atoms with Crippen molar-refractivity contribution in [3.8, 4) is 0 Å². The molecule has 1 unspecified atom stereocenters. The van der Waals surface area contributed by atoms with E-state index in [4.69, 9.17) is 5.73 Å². The Morgan fingerprint density at radius 1 is 1.08 bits per heavy atom. The first-order valence-electron chi connectivity index (χ1n) is 8.08. The third kappa shape index (κ3) is 5.84. The Balaban J connectivity index is 0.00000169. The number of hydrogen-bond donors (Lipinski definition) is 1. The summed E-state index contributed by atoms with van der Waals surface area (Å²) >= 11 is 3.39. The van der Waals surface area contributed by atoms with Gasteiger partial charge in [0.2, 0.25) is 5.91 Å². The van der Waals surface area contributed by atoms with Gasteiger partial charge in [0.25, 0.3) is 0 Å². The molecule has 1 atom stereocenters. The van der Waals surface area contributed by atoms with Crippen LogP contribution in [-0.2, 0) is 4.79 Å². The second-order valence-corrected chi connectivity index (χ2v) is 6.84. The van der Waals surface area contributed by atoms with Crippen LogP contribution in [-0.4, -0.2) is 42.0 Å². The number of hydrogen-bond acceptors (Lipinski definition) is 4. The summed E-state index contributed by atoms with van der Waals surface area (Å²) in [4.78, 5) is 21.0. The molecule has 1 aromatic heterocycles. The Morgan fingerprint density at radius 2 is 1.73 bits per heavy atom. The van der Waals surface area contributed by atoms with Crippen LogP contribution in [0.2, 0.25) is 0 Å². The molecule has 142 valence electrons. The number of piperazine rings is 1. The summed E-state index contributed by atoms with van der Waals surface area (Å²) in [5, 5.41) is 0. The molecule has 3 rings (SSSR count). The number of rotatable bonds is 4. The fourth-order valence-corrected chi connectivity index (χ4v) is 3.11. The molecule has 1 aliphatic heterocycles. The summed E-state index contributed by atoms with van der Waals surface area (Å²) in [5.74, 6) is 1.07. The minimum Gasteiger partial charge on any atom is -0.353 e. The molecular weight excluding hydrogens is 439 g/mol. The Kier molecular flexibility index (Phi) is 9.36. The molecule has 2 heterocycles. The van der Waals surface area contributed by atoms with E-state index in [1.807, 2.05) is 47.4 Å². The van der Waals surface area contributed by atoms with E-state index in [1.54, 1.807) is 6.20 Å². The zero-order chi connectivity index (χ0) is 16.9. The van der Waals surface area contributed by atoms with Crippen molar-refractivity contribution < 1.29 is 4.79 Å². The first-order chi connectivity index (χ1) is 11.6. The minimum atomic E-state index is -0.245. The molecular formula is C18H23BrCl2N4O. The summed E-state index contributed by atoms with van der Waals surface area (Å²) in [5.41, 5.74) is 7.17. The summed E-state index contributed by atoms with van der Waals surface area (Å²) in [6, 6.07) is 13.5. The van der Waals surface area contributed by atoms with Gasteiger partial charge in [0.15, 0.2) is 0 Å². The Morgan fingerprint density at radius 3 is 2.31 bits per heavy atom. The zero-order valence-electron chi connectivity index (χ0n) is 14.3. The average Bonchev–Trinajstić information content (AvgIpc) is 2.63. The molecule has 1 saturated heterocycles. The fraction of sp³-hybridized carbons (Fsp3) is 0.333. The van der Waals surface area contributed by atoms with Crippen LogP contribution in [0.1, 0.15) is 18.0 Å².